The van der Waals surface area contributed by atoms with Gasteiger partial charge >= 0.3 is 0 Å². The summed E-state index contributed by atoms with van der Waals surface area (Å²) in [6.45, 7) is 8.73. The second-order valence-electron chi connectivity index (χ2n) is 5.49. The minimum absolute atomic E-state index is 0.528. The van der Waals surface area contributed by atoms with E-state index in [1.807, 2.05) is 19.9 Å². The van der Waals surface area contributed by atoms with Gasteiger partial charge in [-0.15, -0.1) is 0 Å². The van der Waals surface area contributed by atoms with Gasteiger partial charge in [-0.05, 0) is 38.2 Å². The van der Waals surface area contributed by atoms with E-state index in [-0.39, 0.29) is 0 Å². The monoisotopic (exact) mass is 233 g/mol. The van der Waals surface area contributed by atoms with Gasteiger partial charge in [0.15, 0.2) is 0 Å². The lowest BCUT2D eigenvalue weighted by Gasteiger charge is -2.34. The zero-order chi connectivity index (χ0) is 12.4. The van der Waals surface area contributed by atoms with Gasteiger partial charge in [0.25, 0.3) is 0 Å². The van der Waals surface area contributed by atoms with Crippen LogP contribution in [0.15, 0.2) is 6.07 Å². The Kier molecular flexibility index (Phi) is 3.65. The standard InChI is InChI=1S/C14H23N3/c1-9-6-5-7-13(12(9)4)17-14-15-10(2)8-11(3)16-14/h8-9,12-13H,5-7H2,1-4H3,(H,15,16,17). The molecule has 0 aromatic carbocycles. The second kappa shape index (κ2) is 5.03. The van der Waals surface area contributed by atoms with Gasteiger partial charge in [0.05, 0.1) is 0 Å². The lowest BCUT2D eigenvalue weighted by atomic mass is 9.78. The summed E-state index contributed by atoms with van der Waals surface area (Å²) in [5, 5.41) is 3.52. The zero-order valence-corrected chi connectivity index (χ0v) is 11.3. The first kappa shape index (κ1) is 12.3. The average Bonchev–Trinajstić information content (AvgIpc) is 2.23. The Morgan fingerprint density at radius 1 is 1.12 bits per heavy atom. The van der Waals surface area contributed by atoms with Crippen LogP contribution in [0, 0.1) is 25.7 Å². The van der Waals surface area contributed by atoms with Crippen molar-refractivity contribution in [3.05, 3.63) is 17.5 Å². The molecule has 3 atom stereocenters. The third-order valence-corrected chi connectivity index (χ3v) is 4.00. The first-order valence-electron chi connectivity index (χ1n) is 6.65. The Bertz CT molecular complexity index is 369. The van der Waals surface area contributed by atoms with Crippen molar-refractivity contribution in [3.8, 4) is 0 Å². The minimum atomic E-state index is 0.528. The van der Waals surface area contributed by atoms with E-state index in [1.54, 1.807) is 0 Å². The number of anilines is 1. The van der Waals surface area contributed by atoms with Gasteiger partial charge in [0.1, 0.15) is 0 Å². The lowest BCUT2D eigenvalue weighted by molar-refractivity contribution is 0.252. The summed E-state index contributed by atoms with van der Waals surface area (Å²) >= 11 is 0. The number of aryl methyl sites for hydroxylation is 2. The van der Waals surface area contributed by atoms with Crippen LogP contribution >= 0.6 is 0 Å². The molecule has 0 spiro atoms. The van der Waals surface area contributed by atoms with Crippen molar-refractivity contribution in [1.82, 2.24) is 9.97 Å². The molecule has 1 aromatic rings. The predicted molar refractivity (Wildman–Crippen MR) is 71.1 cm³/mol. The van der Waals surface area contributed by atoms with Crippen LogP contribution in [0.1, 0.15) is 44.5 Å². The molecule has 1 aliphatic carbocycles. The molecule has 1 heterocycles. The molecule has 1 saturated carbocycles. The molecule has 0 radical (unpaired) electrons. The van der Waals surface area contributed by atoms with E-state index >= 15 is 0 Å². The zero-order valence-electron chi connectivity index (χ0n) is 11.3. The van der Waals surface area contributed by atoms with Gasteiger partial charge in [0, 0.05) is 17.4 Å². The summed E-state index contributed by atoms with van der Waals surface area (Å²) < 4.78 is 0. The molecule has 1 aromatic heterocycles. The molecular weight excluding hydrogens is 210 g/mol. The summed E-state index contributed by atoms with van der Waals surface area (Å²) in [4.78, 5) is 8.93. The van der Waals surface area contributed by atoms with Crippen LogP contribution in [-0.2, 0) is 0 Å². The molecule has 0 saturated heterocycles. The van der Waals surface area contributed by atoms with Crippen molar-refractivity contribution in [2.75, 3.05) is 5.32 Å². The Labute approximate surface area is 104 Å². The number of rotatable bonds is 2. The summed E-state index contributed by atoms with van der Waals surface area (Å²) in [7, 11) is 0. The van der Waals surface area contributed by atoms with Crippen LogP contribution in [0.2, 0.25) is 0 Å². The van der Waals surface area contributed by atoms with Crippen LogP contribution in [0.25, 0.3) is 0 Å². The smallest absolute Gasteiger partial charge is 0.223 e. The predicted octanol–water partition coefficient (Wildman–Crippen LogP) is 3.33. The van der Waals surface area contributed by atoms with Crippen molar-refractivity contribution in [1.29, 1.82) is 0 Å². The van der Waals surface area contributed by atoms with Crippen LogP contribution in [0.3, 0.4) is 0 Å². The first-order valence-corrected chi connectivity index (χ1v) is 6.65. The second-order valence-corrected chi connectivity index (χ2v) is 5.49. The largest absolute Gasteiger partial charge is 0.351 e. The van der Waals surface area contributed by atoms with Crippen molar-refractivity contribution < 1.29 is 0 Å². The Morgan fingerprint density at radius 2 is 1.76 bits per heavy atom. The molecular formula is C14H23N3. The molecule has 1 fully saturated rings. The highest BCUT2D eigenvalue weighted by Crippen LogP contribution is 2.30. The fourth-order valence-electron chi connectivity index (χ4n) is 2.74. The lowest BCUT2D eigenvalue weighted by Crippen LogP contribution is -2.35. The van der Waals surface area contributed by atoms with Crippen LogP contribution in [-0.4, -0.2) is 16.0 Å². The molecule has 3 heteroatoms. The molecule has 0 aliphatic heterocycles. The van der Waals surface area contributed by atoms with Crippen LogP contribution < -0.4 is 5.32 Å². The van der Waals surface area contributed by atoms with E-state index in [4.69, 9.17) is 0 Å². The minimum Gasteiger partial charge on any atom is -0.351 e. The number of nitrogens with zero attached hydrogens (tertiary/aromatic N) is 2. The quantitative estimate of drug-likeness (QED) is 0.851. The average molecular weight is 233 g/mol. The van der Waals surface area contributed by atoms with E-state index in [2.05, 4.69) is 29.1 Å². The molecule has 2 rings (SSSR count). The highest BCUT2D eigenvalue weighted by molar-refractivity contribution is 5.29. The van der Waals surface area contributed by atoms with Gasteiger partial charge in [-0.1, -0.05) is 26.7 Å². The molecule has 0 amide bonds. The fraction of sp³-hybridized carbons (Fsp3) is 0.714. The summed E-state index contributed by atoms with van der Waals surface area (Å²) in [6.07, 6.45) is 3.91. The highest BCUT2D eigenvalue weighted by Gasteiger charge is 2.27. The van der Waals surface area contributed by atoms with Crippen molar-refractivity contribution in [3.63, 3.8) is 0 Å². The molecule has 0 bridgehead atoms. The summed E-state index contributed by atoms with van der Waals surface area (Å²) in [5.74, 6) is 2.30. The Balaban J connectivity index is 2.09. The van der Waals surface area contributed by atoms with Gasteiger partial charge in [-0.3, -0.25) is 0 Å². The number of hydrogen-bond acceptors (Lipinski definition) is 3. The number of nitrogens with one attached hydrogen (secondary N) is 1. The third-order valence-electron chi connectivity index (χ3n) is 4.00. The third kappa shape index (κ3) is 2.96. The van der Waals surface area contributed by atoms with E-state index in [1.165, 1.54) is 19.3 Å². The topological polar surface area (TPSA) is 37.8 Å². The number of hydrogen-bond donors (Lipinski definition) is 1. The van der Waals surface area contributed by atoms with Gasteiger partial charge in [-0.2, -0.15) is 0 Å². The Morgan fingerprint density at radius 3 is 2.41 bits per heavy atom. The molecule has 94 valence electrons. The molecule has 3 nitrogen and oxygen atoms in total. The Hall–Kier alpha value is -1.12. The summed E-state index contributed by atoms with van der Waals surface area (Å²) in [6, 6.07) is 2.54. The number of aromatic nitrogens is 2. The molecule has 1 aliphatic rings. The maximum Gasteiger partial charge on any atom is 0.223 e. The van der Waals surface area contributed by atoms with Crippen LogP contribution in [0.5, 0.6) is 0 Å². The SMILES string of the molecule is Cc1cc(C)nc(NC2CCCC(C)C2C)n1. The van der Waals surface area contributed by atoms with E-state index in [9.17, 15) is 0 Å². The van der Waals surface area contributed by atoms with Gasteiger partial charge in [-0.25, -0.2) is 9.97 Å². The van der Waals surface area contributed by atoms with Gasteiger partial charge in [0.2, 0.25) is 5.95 Å². The molecule has 3 unspecified atom stereocenters. The van der Waals surface area contributed by atoms with Crippen molar-refractivity contribution >= 4 is 5.95 Å². The highest BCUT2D eigenvalue weighted by atomic mass is 15.1. The van der Waals surface area contributed by atoms with E-state index < -0.39 is 0 Å². The van der Waals surface area contributed by atoms with Crippen molar-refractivity contribution in [2.24, 2.45) is 11.8 Å². The maximum atomic E-state index is 4.47. The molecule has 17 heavy (non-hydrogen) atoms. The van der Waals surface area contributed by atoms with Crippen molar-refractivity contribution in [2.45, 2.75) is 53.0 Å². The first-order chi connectivity index (χ1) is 8.06. The fourth-order valence-corrected chi connectivity index (χ4v) is 2.74. The van der Waals surface area contributed by atoms with E-state index in [0.717, 1.165) is 23.3 Å². The van der Waals surface area contributed by atoms with Gasteiger partial charge < -0.3 is 5.32 Å². The maximum absolute atomic E-state index is 4.47. The van der Waals surface area contributed by atoms with E-state index in [0.29, 0.717) is 12.0 Å². The summed E-state index contributed by atoms with van der Waals surface area (Å²) in [5.41, 5.74) is 2.08. The van der Waals surface area contributed by atoms with Crippen LogP contribution in [0.4, 0.5) is 5.95 Å². The normalized spacial score (nSPS) is 29.1. The molecule has 1 N–H and O–H groups in total.